The number of nitro benzene ring substituents is 1. The Morgan fingerprint density at radius 3 is 2.64 bits per heavy atom. The number of alkyl halides is 3. The van der Waals surface area contributed by atoms with Crippen LogP contribution in [0.15, 0.2) is 22.8 Å². The minimum absolute atomic E-state index is 0.0393. The minimum Gasteiger partial charge on any atom is -0.374 e. The SMILES string of the molecule is O=[N+]([O-])c1cc(C(F)(F)F)cc(Br)c1NCc1cnc(Cl)s1. The number of nitro groups is 1. The number of benzene rings is 1. The highest BCUT2D eigenvalue weighted by molar-refractivity contribution is 9.10. The predicted octanol–water partition coefficient (Wildman–Crippen LogP) is 5.10. The van der Waals surface area contributed by atoms with E-state index in [2.05, 4.69) is 26.2 Å². The van der Waals surface area contributed by atoms with Crippen LogP contribution in [0, 0.1) is 10.1 Å². The highest BCUT2D eigenvalue weighted by atomic mass is 79.9. The van der Waals surface area contributed by atoms with Crippen molar-refractivity contribution in [2.45, 2.75) is 12.7 Å². The molecule has 0 saturated carbocycles. The van der Waals surface area contributed by atoms with Gasteiger partial charge in [-0.15, -0.1) is 11.3 Å². The largest absolute Gasteiger partial charge is 0.416 e. The molecule has 11 heteroatoms. The van der Waals surface area contributed by atoms with Crippen LogP contribution in [-0.4, -0.2) is 9.91 Å². The average Bonchev–Trinajstić information content (AvgIpc) is 2.81. The first-order valence-electron chi connectivity index (χ1n) is 5.57. The smallest absolute Gasteiger partial charge is 0.374 e. The van der Waals surface area contributed by atoms with Crippen LogP contribution in [0.3, 0.4) is 0 Å². The van der Waals surface area contributed by atoms with Gasteiger partial charge < -0.3 is 5.32 Å². The van der Waals surface area contributed by atoms with E-state index in [9.17, 15) is 23.3 Å². The molecule has 1 aromatic carbocycles. The molecular formula is C11H6BrClF3N3O2S. The number of rotatable bonds is 4. The lowest BCUT2D eigenvalue weighted by atomic mass is 10.1. The van der Waals surface area contributed by atoms with E-state index in [-0.39, 0.29) is 16.7 Å². The second-order valence-corrected chi connectivity index (χ2v) is 6.59. The van der Waals surface area contributed by atoms with Gasteiger partial charge in [0.1, 0.15) is 5.69 Å². The number of nitrogens with zero attached hydrogens (tertiary/aromatic N) is 2. The summed E-state index contributed by atoms with van der Waals surface area (Å²) in [5, 5.41) is 13.7. The van der Waals surface area contributed by atoms with Crippen molar-refractivity contribution in [1.82, 2.24) is 4.98 Å². The highest BCUT2D eigenvalue weighted by Crippen LogP contribution is 2.40. The topological polar surface area (TPSA) is 68.1 Å². The number of halogens is 5. The van der Waals surface area contributed by atoms with Gasteiger partial charge >= 0.3 is 6.18 Å². The zero-order valence-corrected chi connectivity index (χ0v) is 13.6. The van der Waals surface area contributed by atoms with Crippen molar-refractivity contribution in [3.05, 3.63) is 47.8 Å². The zero-order chi connectivity index (χ0) is 16.5. The zero-order valence-electron chi connectivity index (χ0n) is 10.4. The molecule has 2 rings (SSSR count). The molecule has 0 unspecified atom stereocenters. The highest BCUT2D eigenvalue weighted by Gasteiger charge is 2.34. The van der Waals surface area contributed by atoms with Crippen LogP contribution < -0.4 is 5.32 Å². The van der Waals surface area contributed by atoms with Crippen LogP contribution in [0.25, 0.3) is 0 Å². The second kappa shape index (κ2) is 6.39. The van der Waals surface area contributed by atoms with Crippen LogP contribution in [0.2, 0.25) is 4.47 Å². The molecular weight excluding hydrogens is 411 g/mol. The molecule has 22 heavy (non-hydrogen) atoms. The van der Waals surface area contributed by atoms with E-state index < -0.39 is 22.4 Å². The molecule has 1 N–H and O–H groups in total. The van der Waals surface area contributed by atoms with Gasteiger partial charge in [0.05, 0.1) is 17.0 Å². The third-order valence-electron chi connectivity index (χ3n) is 2.56. The van der Waals surface area contributed by atoms with Crippen LogP contribution in [0.1, 0.15) is 10.4 Å². The first-order valence-corrected chi connectivity index (χ1v) is 7.56. The van der Waals surface area contributed by atoms with E-state index in [0.29, 0.717) is 15.4 Å². The Bertz CT molecular complexity index is 723. The quantitative estimate of drug-likeness (QED) is 0.556. The molecule has 1 heterocycles. The number of anilines is 1. The maximum atomic E-state index is 12.7. The van der Waals surface area contributed by atoms with Gasteiger partial charge in [0.25, 0.3) is 5.69 Å². The van der Waals surface area contributed by atoms with Crippen molar-refractivity contribution < 1.29 is 18.1 Å². The molecule has 0 aliphatic heterocycles. The summed E-state index contributed by atoms with van der Waals surface area (Å²) in [6.07, 6.45) is -3.19. The van der Waals surface area contributed by atoms with Crippen molar-refractivity contribution in [3.63, 3.8) is 0 Å². The first-order chi connectivity index (χ1) is 10.2. The molecule has 5 nitrogen and oxygen atoms in total. The van der Waals surface area contributed by atoms with Gasteiger partial charge in [-0.25, -0.2) is 4.98 Å². The van der Waals surface area contributed by atoms with Gasteiger partial charge in [-0.3, -0.25) is 10.1 Å². The molecule has 2 aromatic rings. The lowest BCUT2D eigenvalue weighted by Crippen LogP contribution is -2.08. The van der Waals surface area contributed by atoms with Crippen molar-refractivity contribution in [1.29, 1.82) is 0 Å². The normalized spacial score (nSPS) is 11.5. The summed E-state index contributed by atoms with van der Waals surface area (Å²) < 4.78 is 38.4. The number of thiazole rings is 1. The summed E-state index contributed by atoms with van der Waals surface area (Å²) in [4.78, 5) is 14.6. The number of nitrogens with one attached hydrogen (secondary N) is 1. The molecule has 0 aliphatic rings. The van der Waals surface area contributed by atoms with Crippen LogP contribution in [0.5, 0.6) is 0 Å². The Hall–Kier alpha value is -1.39. The fourth-order valence-corrected chi connectivity index (χ4v) is 3.12. The monoisotopic (exact) mass is 415 g/mol. The molecule has 0 spiro atoms. The number of hydrogen-bond acceptors (Lipinski definition) is 5. The predicted molar refractivity (Wildman–Crippen MR) is 80.2 cm³/mol. The molecule has 118 valence electrons. The van der Waals surface area contributed by atoms with Crippen LogP contribution >= 0.6 is 38.9 Å². The van der Waals surface area contributed by atoms with Crippen molar-refractivity contribution >= 4 is 50.2 Å². The summed E-state index contributed by atoms with van der Waals surface area (Å²) in [5.74, 6) is 0. The standard InChI is InChI=1S/C11H6BrClF3N3O2S/c12-7-1-5(11(14,15)16)2-8(19(20)21)9(7)17-3-6-4-18-10(13)22-6/h1-2,4,17H,3H2. The van der Waals surface area contributed by atoms with E-state index in [4.69, 9.17) is 11.6 Å². The summed E-state index contributed by atoms with van der Waals surface area (Å²) in [5.41, 5.74) is -1.81. The van der Waals surface area contributed by atoms with E-state index in [1.807, 2.05) is 0 Å². The fraction of sp³-hybridized carbons (Fsp3) is 0.182. The van der Waals surface area contributed by atoms with Gasteiger partial charge in [0.2, 0.25) is 0 Å². The molecule has 0 bridgehead atoms. The number of aromatic nitrogens is 1. The molecule has 0 radical (unpaired) electrons. The molecule has 0 saturated heterocycles. The van der Waals surface area contributed by atoms with E-state index in [0.717, 1.165) is 17.4 Å². The second-order valence-electron chi connectivity index (χ2n) is 4.04. The summed E-state index contributed by atoms with van der Waals surface area (Å²) >= 11 is 9.76. The van der Waals surface area contributed by atoms with Crippen LogP contribution in [0.4, 0.5) is 24.5 Å². The molecule has 0 aliphatic carbocycles. The van der Waals surface area contributed by atoms with Crippen molar-refractivity contribution in [3.8, 4) is 0 Å². The minimum atomic E-state index is -4.67. The Morgan fingerprint density at radius 1 is 1.45 bits per heavy atom. The molecule has 0 fully saturated rings. The summed E-state index contributed by atoms with van der Waals surface area (Å²) in [7, 11) is 0. The van der Waals surface area contributed by atoms with Gasteiger partial charge in [-0.2, -0.15) is 13.2 Å². The van der Waals surface area contributed by atoms with E-state index in [1.165, 1.54) is 6.20 Å². The molecule has 1 aromatic heterocycles. The Kier molecular flexibility index (Phi) is 4.93. The Balaban J connectivity index is 2.35. The summed E-state index contributed by atoms with van der Waals surface area (Å²) in [6.45, 7) is 0.148. The van der Waals surface area contributed by atoms with Gasteiger partial charge in [-0.1, -0.05) is 11.6 Å². The third-order valence-corrected chi connectivity index (χ3v) is 4.30. The van der Waals surface area contributed by atoms with Crippen molar-refractivity contribution in [2.75, 3.05) is 5.32 Å². The van der Waals surface area contributed by atoms with Gasteiger partial charge in [-0.05, 0) is 22.0 Å². The lowest BCUT2D eigenvalue weighted by Gasteiger charge is -2.12. The average molecular weight is 417 g/mol. The Morgan fingerprint density at radius 2 is 2.14 bits per heavy atom. The van der Waals surface area contributed by atoms with E-state index >= 15 is 0 Å². The van der Waals surface area contributed by atoms with E-state index in [1.54, 1.807) is 0 Å². The maximum absolute atomic E-state index is 12.7. The van der Waals surface area contributed by atoms with Crippen LogP contribution in [-0.2, 0) is 12.7 Å². The number of hydrogen-bond donors (Lipinski definition) is 1. The summed E-state index contributed by atoms with van der Waals surface area (Å²) in [6, 6.07) is 1.28. The molecule has 0 amide bonds. The van der Waals surface area contributed by atoms with Gasteiger partial charge in [0.15, 0.2) is 4.47 Å². The molecule has 0 atom stereocenters. The first kappa shape index (κ1) is 17.0. The fourth-order valence-electron chi connectivity index (χ4n) is 1.62. The Labute approximate surface area is 139 Å². The maximum Gasteiger partial charge on any atom is 0.416 e. The third kappa shape index (κ3) is 3.87. The lowest BCUT2D eigenvalue weighted by molar-refractivity contribution is -0.384. The van der Waals surface area contributed by atoms with Crippen molar-refractivity contribution in [2.24, 2.45) is 0 Å². The van der Waals surface area contributed by atoms with Gasteiger partial charge in [0, 0.05) is 21.6 Å².